The van der Waals surface area contributed by atoms with E-state index in [2.05, 4.69) is 36.1 Å². The molecular weight excluding hydrogens is 214 g/mol. The highest BCUT2D eigenvalue weighted by Crippen LogP contribution is 2.17. The summed E-state index contributed by atoms with van der Waals surface area (Å²) in [5, 5.41) is 18.5. The van der Waals surface area contributed by atoms with Crippen LogP contribution in [0.2, 0.25) is 0 Å². The van der Waals surface area contributed by atoms with Gasteiger partial charge in [-0.2, -0.15) is 0 Å². The summed E-state index contributed by atoms with van der Waals surface area (Å²) in [6, 6.07) is 8.42. The molecule has 0 aliphatic carbocycles. The molecule has 0 radical (unpaired) electrons. The zero-order valence-electron chi connectivity index (χ0n) is 11.0. The van der Waals surface area contributed by atoms with Gasteiger partial charge in [0.1, 0.15) is 0 Å². The van der Waals surface area contributed by atoms with Crippen molar-refractivity contribution in [2.45, 2.75) is 20.4 Å². The van der Waals surface area contributed by atoms with Gasteiger partial charge in [0.15, 0.2) is 0 Å². The highest BCUT2D eigenvalue weighted by atomic mass is 16.3. The van der Waals surface area contributed by atoms with Crippen LogP contribution in [0.15, 0.2) is 24.3 Å². The van der Waals surface area contributed by atoms with Crippen LogP contribution in [0.4, 0.5) is 0 Å². The van der Waals surface area contributed by atoms with Crippen LogP contribution in [0.3, 0.4) is 0 Å². The Morgan fingerprint density at radius 2 is 1.65 bits per heavy atom. The fraction of sp³-hybridized carbons (Fsp3) is 0.571. The molecule has 17 heavy (non-hydrogen) atoms. The van der Waals surface area contributed by atoms with E-state index in [0.717, 1.165) is 6.54 Å². The van der Waals surface area contributed by atoms with Gasteiger partial charge in [-0.25, -0.2) is 0 Å². The minimum absolute atomic E-state index is 0.00172. The average Bonchev–Trinajstić information content (AvgIpc) is 2.32. The van der Waals surface area contributed by atoms with E-state index in [0.29, 0.717) is 6.54 Å². The van der Waals surface area contributed by atoms with Gasteiger partial charge >= 0.3 is 0 Å². The number of hydrogen-bond acceptors (Lipinski definition) is 3. The number of hydrogen-bond donors (Lipinski definition) is 2. The minimum atomic E-state index is -0.431. The van der Waals surface area contributed by atoms with Crippen LogP contribution in [0.25, 0.3) is 0 Å². The normalized spacial score (nSPS) is 12.1. The van der Waals surface area contributed by atoms with Crippen molar-refractivity contribution < 1.29 is 10.2 Å². The fourth-order valence-electron chi connectivity index (χ4n) is 1.86. The molecule has 0 bridgehead atoms. The molecule has 0 atom stereocenters. The second-order valence-corrected chi connectivity index (χ2v) is 5.28. The van der Waals surface area contributed by atoms with E-state index in [1.807, 2.05) is 14.0 Å². The summed E-state index contributed by atoms with van der Waals surface area (Å²) in [5.41, 5.74) is 2.07. The van der Waals surface area contributed by atoms with Crippen molar-refractivity contribution in [2.24, 2.45) is 5.41 Å². The van der Waals surface area contributed by atoms with Gasteiger partial charge < -0.3 is 15.1 Å². The summed E-state index contributed by atoms with van der Waals surface area (Å²) in [6.07, 6.45) is 0. The van der Waals surface area contributed by atoms with E-state index >= 15 is 0 Å². The molecule has 0 unspecified atom stereocenters. The summed E-state index contributed by atoms with van der Waals surface area (Å²) in [6.45, 7) is 5.47. The zero-order valence-corrected chi connectivity index (χ0v) is 11.0. The number of rotatable bonds is 6. The van der Waals surface area contributed by atoms with E-state index in [1.165, 1.54) is 11.1 Å². The Bertz CT molecular complexity index is 331. The molecular formula is C14H23NO2. The van der Waals surface area contributed by atoms with Crippen molar-refractivity contribution in [3.63, 3.8) is 0 Å². The second kappa shape index (κ2) is 6.15. The molecule has 96 valence electrons. The summed E-state index contributed by atoms with van der Waals surface area (Å²) in [5.74, 6) is 0. The molecule has 0 fully saturated rings. The van der Waals surface area contributed by atoms with Crippen LogP contribution in [0.1, 0.15) is 18.1 Å². The van der Waals surface area contributed by atoms with Gasteiger partial charge in [-0.3, -0.25) is 0 Å². The van der Waals surface area contributed by atoms with E-state index in [4.69, 9.17) is 0 Å². The first-order chi connectivity index (χ1) is 7.99. The molecule has 0 heterocycles. The highest BCUT2D eigenvalue weighted by Gasteiger charge is 2.24. The Kier molecular flexibility index (Phi) is 5.12. The van der Waals surface area contributed by atoms with Crippen LogP contribution in [-0.2, 0) is 6.54 Å². The molecule has 0 aliphatic heterocycles. The van der Waals surface area contributed by atoms with Gasteiger partial charge in [0.2, 0.25) is 0 Å². The lowest BCUT2D eigenvalue weighted by Gasteiger charge is -2.30. The van der Waals surface area contributed by atoms with Crippen LogP contribution < -0.4 is 0 Å². The summed E-state index contributed by atoms with van der Waals surface area (Å²) >= 11 is 0. The summed E-state index contributed by atoms with van der Waals surface area (Å²) in [7, 11) is 2.00. The van der Waals surface area contributed by atoms with Gasteiger partial charge in [0.25, 0.3) is 0 Å². The largest absolute Gasteiger partial charge is 0.396 e. The lowest BCUT2D eigenvalue weighted by Crippen LogP contribution is -2.38. The molecule has 0 aliphatic rings. The molecule has 1 rings (SSSR count). The van der Waals surface area contributed by atoms with Gasteiger partial charge in [-0.05, 0) is 19.5 Å². The van der Waals surface area contributed by atoms with Crippen molar-refractivity contribution in [1.82, 2.24) is 4.90 Å². The molecule has 0 saturated heterocycles. The molecule has 0 amide bonds. The van der Waals surface area contributed by atoms with Crippen LogP contribution in [-0.4, -0.2) is 41.9 Å². The van der Waals surface area contributed by atoms with E-state index < -0.39 is 5.41 Å². The zero-order chi connectivity index (χ0) is 12.9. The van der Waals surface area contributed by atoms with Gasteiger partial charge in [-0.15, -0.1) is 0 Å². The number of aliphatic hydroxyl groups is 2. The number of benzene rings is 1. The summed E-state index contributed by atoms with van der Waals surface area (Å²) < 4.78 is 0. The van der Waals surface area contributed by atoms with Crippen molar-refractivity contribution in [3.05, 3.63) is 35.4 Å². The average molecular weight is 237 g/mol. The molecule has 1 aromatic carbocycles. The Morgan fingerprint density at radius 3 is 2.12 bits per heavy atom. The Morgan fingerprint density at radius 1 is 1.12 bits per heavy atom. The Balaban J connectivity index is 2.54. The molecule has 0 saturated carbocycles. The fourth-order valence-corrected chi connectivity index (χ4v) is 1.86. The monoisotopic (exact) mass is 237 g/mol. The van der Waals surface area contributed by atoms with Crippen molar-refractivity contribution in [2.75, 3.05) is 26.8 Å². The number of nitrogens with zero attached hydrogens (tertiary/aromatic N) is 1. The van der Waals surface area contributed by atoms with Crippen LogP contribution in [0, 0.1) is 12.3 Å². The standard InChI is InChI=1S/C14H23NO2/c1-12-4-6-13(7-5-12)8-15(3)9-14(2,10-16)11-17/h4-7,16-17H,8-11H2,1-3H3. The number of aliphatic hydroxyl groups excluding tert-OH is 2. The third kappa shape index (κ3) is 4.46. The maximum Gasteiger partial charge on any atom is 0.0519 e. The van der Waals surface area contributed by atoms with Crippen molar-refractivity contribution in [3.8, 4) is 0 Å². The molecule has 0 spiro atoms. The summed E-state index contributed by atoms with van der Waals surface area (Å²) in [4.78, 5) is 2.12. The molecule has 3 heteroatoms. The second-order valence-electron chi connectivity index (χ2n) is 5.28. The predicted molar refractivity (Wildman–Crippen MR) is 69.8 cm³/mol. The van der Waals surface area contributed by atoms with Gasteiger partial charge in [0.05, 0.1) is 13.2 Å². The Labute approximate surface area is 104 Å². The van der Waals surface area contributed by atoms with Crippen molar-refractivity contribution in [1.29, 1.82) is 0 Å². The first kappa shape index (κ1) is 14.2. The van der Waals surface area contributed by atoms with Gasteiger partial charge in [-0.1, -0.05) is 36.8 Å². The van der Waals surface area contributed by atoms with Crippen LogP contribution >= 0.6 is 0 Å². The third-order valence-electron chi connectivity index (χ3n) is 2.99. The maximum atomic E-state index is 9.25. The molecule has 0 aromatic heterocycles. The maximum absolute atomic E-state index is 9.25. The highest BCUT2D eigenvalue weighted by molar-refractivity contribution is 5.21. The topological polar surface area (TPSA) is 43.7 Å². The number of aryl methyl sites for hydroxylation is 1. The molecule has 2 N–H and O–H groups in total. The first-order valence-electron chi connectivity index (χ1n) is 5.95. The van der Waals surface area contributed by atoms with Gasteiger partial charge in [0, 0.05) is 18.5 Å². The predicted octanol–water partition coefficient (Wildman–Crippen LogP) is 1.42. The lowest BCUT2D eigenvalue weighted by molar-refractivity contribution is 0.0402. The van der Waals surface area contributed by atoms with E-state index in [1.54, 1.807) is 0 Å². The van der Waals surface area contributed by atoms with E-state index in [-0.39, 0.29) is 13.2 Å². The Hall–Kier alpha value is -0.900. The third-order valence-corrected chi connectivity index (χ3v) is 2.99. The minimum Gasteiger partial charge on any atom is -0.396 e. The lowest BCUT2D eigenvalue weighted by atomic mass is 9.92. The molecule has 3 nitrogen and oxygen atoms in total. The smallest absolute Gasteiger partial charge is 0.0519 e. The quantitative estimate of drug-likeness (QED) is 0.786. The van der Waals surface area contributed by atoms with E-state index in [9.17, 15) is 10.2 Å². The molecule has 1 aromatic rings. The van der Waals surface area contributed by atoms with Crippen LogP contribution in [0.5, 0.6) is 0 Å². The van der Waals surface area contributed by atoms with Crippen molar-refractivity contribution >= 4 is 0 Å². The first-order valence-corrected chi connectivity index (χ1v) is 5.95. The SMILES string of the molecule is Cc1ccc(CN(C)CC(C)(CO)CO)cc1.